The van der Waals surface area contributed by atoms with E-state index in [1.54, 1.807) is 0 Å². The number of hydrogen-bond acceptors (Lipinski definition) is 3. The van der Waals surface area contributed by atoms with E-state index in [1.165, 1.54) is 24.4 Å². The summed E-state index contributed by atoms with van der Waals surface area (Å²) < 4.78 is 59.7. The van der Waals surface area contributed by atoms with Gasteiger partial charge in [0.25, 0.3) is 0 Å². The van der Waals surface area contributed by atoms with Gasteiger partial charge in [0.2, 0.25) is 0 Å². The summed E-state index contributed by atoms with van der Waals surface area (Å²) in [7, 11) is 0. The maximum absolute atomic E-state index is 13.6. The summed E-state index contributed by atoms with van der Waals surface area (Å²) in [5, 5.41) is 0.403. The van der Waals surface area contributed by atoms with Crippen molar-refractivity contribution in [3.05, 3.63) is 48.0 Å². The number of nitrogens with zero attached hydrogens (tertiary/aromatic N) is 1. The third-order valence-electron chi connectivity index (χ3n) is 4.32. The number of aromatic amines is 1. The summed E-state index contributed by atoms with van der Waals surface area (Å²) in [5.74, 6) is -0.526. The molecular weight excluding hydrogens is 374 g/mol. The van der Waals surface area contributed by atoms with Crippen LogP contribution in [-0.4, -0.2) is 22.6 Å². The lowest BCUT2D eigenvalue weighted by Gasteiger charge is -2.19. The molecule has 0 aliphatic rings. The Kier molecular flexibility index (Phi) is 5.60. The van der Waals surface area contributed by atoms with Gasteiger partial charge in [0.1, 0.15) is 23.8 Å². The summed E-state index contributed by atoms with van der Waals surface area (Å²) in [5.41, 5.74) is 6.11. The fourth-order valence-electron chi connectivity index (χ4n) is 3.13. The molecule has 0 radical (unpaired) electrons. The zero-order valence-electron chi connectivity index (χ0n) is 15.5. The number of ether oxygens (including phenoxy) is 1. The Hall–Kier alpha value is -2.61. The van der Waals surface area contributed by atoms with E-state index in [9.17, 15) is 17.6 Å². The van der Waals surface area contributed by atoms with Crippen LogP contribution in [0, 0.1) is 11.7 Å². The van der Waals surface area contributed by atoms with Crippen LogP contribution in [-0.2, 0) is 6.18 Å². The average Bonchev–Trinajstić information content (AvgIpc) is 3.01. The van der Waals surface area contributed by atoms with Gasteiger partial charge in [-0.15, -0.1) is 0 Å². The molecule has 0 amide bonds. The molecule has 4 nitrogen and oxygen atoms in total. The Morgan fingerprint density at radius 1 is 1.21 bits per heavy atom. The monoisotopic (exact) mass is 395 g/mol. The molecule has 0 saturated carbocycles. The van der Waals surface area contributed by atoms with Crippen LogP contribution in [0.1, 0.15) is 25.8 Å². The minimum Gasteiger partial charge on any atom is -0.491 e. The topological polar surface area (TPSA) is 63.9 Å². The van der Waals surface area contributed by atoms with Gasteiger partial charge in [-0.25, -0.2) is 9.37 Å². The first kappa shape index (κ1) is 20.1. The van der Waals surface area contributed by atoms with Crippen LogP contribution < -0.4 is 10.5 Å². The molecule has 3 rings (SSSR count). The second-order valence-electron chi connectivity index (χ2n) is 7.16. The van der Waals surface area contributed by atoms with Gasteiger partial charge in [-0.2, -0.15) is 13.2 Å². The van der Waals surface area contributed by atoms with Crippen molar-refractivity contribution in [2.75, 3.05) is 6.61 Å². The first-order valence-electron chi connectivity index (χ1n) is 8.87. The van der Waals surface area contributed by atoms with Crippen molar-refractivity contribution in [1.29, 1.82) is 0 Å². The third kappa shape index (κ3) is 4.44. The molecular formula is C20H21F4N3O. The van der Waals surface area contributed by atoms with Crippen molar-refractivity contribution in [1.82, 2.24) is 9.97 Å². The number of halogens is 4. The molecule has 3 N–H and O–H groups in total. The second kappa shape index (κ2) is 7.79. The number of nitrogens with one attached hydrogen (secondary N) is 1. The van der Waals surface area contributed by atoms with Crippen molar-refractivity contribution in [2.45, 2.75) is 32.5 Å². The van der Waals surface area contributed by atoms with E-state index >= 15 is 0 Å². The number of benzene rings is 1. The van der Waals surface area contributed by atoms with Crippen molar-refractivity contribution >= 4 is 11.0 Å². The second-order valence-corrected chi connectivity index (χ2v) is 7.16. The van der Waals surface area contributed by atoms with E-state index < -0.39 is 17.6 Å². The highest BCUT2D eigenvalue weighted by molar-refractivity contribution is 5.93. The lowest BCUT2D eigenvalue weighted by Crippen LogP contribution is -2.29. The van der Waals surface area contributed by atoms with Gasteiger partial charge in [0, 0.05) is 23.2 Å². The minimum absolute atomic E-state index is 0.0111. The lowest BCUT2D eigenvalue weighted by atomic mass is 10.0. The first-order valence-corrected chi connectivity index (χ1v) is 8.87. The fraction of sp³-hybridized carbons (Fsp3) is 0.350. The van der Waals surface area contributed by atoms with Crippen LogP contribution in [0.4, 0.5) is 17.6 Å². The zero-order valence-corrected chi connectivity index (χ0v) is 15.5. The minimum atomic E-state index is -4.61. The van der Waals surface area contributed by atoms with Gasteiger partial charge in [-0.05, 0) is 36.1 Å². The summed E-state index contributed by atoms with van der Waals surface area (Å²) in [4.78, 5) is 6.73. The number of pyridine rings is 1. The van der Waals surface area contributed by atoms with Crippen molar-refractivity contribution in [3.63, 3.8) is 0 Å². The molecule has 3 aromatic rings. The van der Waals surface area contributed by atoms with E-state index in [0.29, 0.717) is 28.9 Å². The Morgan fingerprint density at radius 2 is 1.96 bits per heavy atom. The number of nitrogens with two attached hydrogens (primary N) is 1. The molecule has 0 saturated heterocycles. The quantitative estimate of drug-likeness (QED) is 0.568. The number of alkyl halides is 3. The van der Waals surface area contributed by atoms with Crippen LogP contribution in [0.3, 0.4) is 0 Å². The first-order chi connectivity index (χ1) is 13.1. The van der Waals surface area contributed by atoms with Gasteiger partial charge >= 0.3 is 6.18 Å². The van der Waals surface area contributed by atoms with Crippen LogP contribution in [0.5, 0.6) is 5.75 Å². The lowest BCUT2D eigenvalue weighted by molar-refractivity contribution is -0.139. The molecule has 0 spiro atoms. The van der Waals surface area contributed by atoms with Crippen LogP contribution >= 0.6 is 0 Å². The average molecular weight is 395 g/mol. The highest BCUT2D eigenvalue weighted by Crippen LogP contribution is 2.40. The smallest absolute Gasteiger partial charge is 0.419 e. The van der Waals surface area contributed by atoms with Crippen LogP contribution in [0.2, 0.25) is 0 Å². The Morgan fingerprint density at radius 3 is 2.64 bits per heavy atom. The molecule has 1 atom stereocenters. The Bertz CT molecular complexity index is 966. The van der Waals surface area contributed by atoms with E-state index in [1.807, 2.05) is 13.8 Å². The predicted octanol–water partition coefficient (Wildman–Crippen LogP) is 5.14. The molecule has 0 unspecified atom stereocenters. The normalized spacial score (nSPS) is 13.3. The number of H-pyrrole nitrogens is 1. The van der Waals surface area contributed by atoms with E-state index in [4.69, 9.17) is 10.5 Å². The molecule has 0 aliphatic carbocycles. The fourth-order valence-corrected chi connectivity index (χ4v) is 3.13. The maximum atomic E-state index is 13.6. The van der Waals surface area contributed by atoms with Crippen molar-refractivity contribution in [3.8, 4) is 16.9 Å². The molecule has 0 fully saturated rings. The SMILES string of the molecule is CC(C)C[C@H](N)COc1ccc(-c2c[nH]c3ncc(F)cc23)cc1C(F)(F)F. The summed E-state index contributed by atoms with van der Waals surface area (Å²) in [6.07, 6.45) is -1.41. The van der Waals surface area contributed by atoms with Gasteiger partial charge in [-0.1, -0.05) is 19.9 Å². The number of hydrogen-bond donors (Lipinski definition) is 2. The molecule has 8 heteroatoms. The van der Waals surface area contributed by atoms with Gasteiger partial charge < -0.3 is 15.5 Å². The molecule has 0 aliphatic heterocycles. The number of rotatable bonds is 6. The number of fused-ring (bicyclic) bond motifs is 1. The molecule has 2 heterocycles. The van der Waals surface area contributed by atoms with E-state index in [2.05, 4.69) is 9.97 Å². The predicted molar refractivity (Wildman–Crippen MR) is 99.4 cm³/mol. The standard InChI is InChI=1S/C20H21F4N3O/c1-11(2)5-14(25)10-28-18-4-3-12(6-17(18)20(22,23)24)16-9-27-19-15(16)7-13(21)8-26-19/h3-4,6-9,11,14H,5,10,25H2,1-2H3,(H,26,27)/t14-/m0/s1. The van der Waals surface area contributed by atoms with Crippen LogP contribution in [0.15, 0.2) is 36.7 Å². The molecule has 1 aromatic carbocycles. The van der Waals surface area contributed by atoms with Gasteiger partial charge in [0.05, 0.1) is 11.8 Å². The van der Waals surface area contributed by atoms with Gasteiger partial charge in [0.15, 0.2) is 0 Å². The largest absolute Gasteiger partial charge is 0.491 e. The molecule has 28 heavy (non-hydrogen) atoms. The third-order valence-corrected chi connectivity index (χ3v) is 4.32. The summed E-state index contributed by atoms with van der Waals surface area (Å²) in [6, 6.07) is 4.65. The van der Waals surface area contributed by atoms with Gasteiger partial charge in [-0.3, -0.25) is 0 Å². The van der Waals surface area contributed by atoms with Crippen LogP contribution in [0.25, 0.3) is 22.2 Å². The highest BCUT2D eigenvalue weighted by Gasteiger charge is 2.35. The summed E-state index contributed by atoms with van der Waals surface area (Å²) in [6.45, 7) is 3.95. The van der Waals surface area contributed by atoms with E-state index in [-0.39, 0.29) is 24.0 Å². The molecule has 0 bridgehead atoms. The molecule has 150 valence electrons. The van der Waals surface area contributed by atoms with E-state index in [0.717, 1.165) is 12.3 Å². The van der Waals surface area contributed by atoms with Crippen molar-refractivity contribution in [2.24, 2.45) is 11.7 Å². The Labute approximate surface area is 159 Å². The number of aromatic nitrogens is 2. The molecule has 2 aromatic heterocycles. The summed E-state index contributed by atoms with van der Waals surface area (Å²) >= 11 is 0. The van der Waals surface area contributed by atoms with Crippen molar-refractivity contribution < 1.29 is 22.3 Å². The zero-order chi connectivity index (χ0) is 20.5. The Balaban J connectivity index is 1.95. The maximum Gasteiger partial charge on any atom is 0.419 e. The highest BCUT2D eigenvalue weighted by atomic mass is 19.4.